The van der Waals surface area contributed by atoms with Crippen molar-refractivity contribution in [3.05, 3.63) is 234 Å². The zero-order chi connectivity index (χ0) is 66.7. The van der Waals surface area contributed by atoms with Crippen LogP contribution in [0.2, 0.25) is 0 Å². The largest absolute Gasteiger partial charge is 0.510 e. The predicted molar refractivity (Wildman–Crippen MR) is 326 cm³/mol. The monoisotopic (exact) mass is 1230 g/mol. The standard InChI is InChI=1S/C74H64N4O.Pt/c1-46-21-18-22-47(2)69(46)49-39-63(48-37-51(73(6,7)8)41-52(38-48)74(9,10)11)70-64(40-49)59-28-15-13-26-57(59)56-25-12-14-27-58(56)62-30-20-32-66-71(62)77(70)45-76(66)53-23-19-24-54(43-53)79-55-33-34-61-60-29-16-17-31-65(60)78(67(61)44-55)68-42-50(35-36-75-68)72(3,4)5;/h12-42H,1-11H3;/q-2;/i1D3,2D3,12D,13D,14D,15D,25D,26D,27D,28D;. The van der Waals surface area contributed by atoms with Crippen molar-refractivity contribution in [3.63, 3.8) is 0 Å². The second kappa shape index (κ2) is 19.6. The molecular formula is C74H64N4OPt-2. The summed E-state index contributed by atoms with van der Waals surface area (Å²) in [7, 11) is 0. The van der Waals surface area contributed by atoms with E-state index >= 15 is 0 Å². The van der Waals surface area contributed by atoms with Crippen molar-refractivity contribution in [1.29, 1.82) is 0 Å². The minimum Gasteiger partial charge on any atom is -0.510 e. The van der Waals surface area contributed by atoms with Gasteiger partial charge in [0, 0.05) is 52.5 Å². The Balaban J connectivity index is 0.00000848. The van der Waals surface area contributed by atoms with E-state index in [4.69, 9.17) is 17.9 Å². The number of para-hydroxylation sites is 2. The van der Waals surface area contributed by atoms with Gasteiger partial charge in [0.05, 0.1) is 27.7 Å². The summed E-state index contributed by atoms with van der Waals surface area (Å²) in [5, 5.41) is 1.95. The van der Waals surface area contributed by atoms with E-state index in [1.165, 1.54) is 18.2 Å². The van der Waals surface area contributed by atoms with Crippen LogP contribution in [0.4, 0.5) is 0 Å². The van der Waals surface area contributed by atoms with Crippen LogP contribution in [0.15, 0.2) is 188 Å². The summed E-state index contributed by atoms with van der Waals surface area (Å²) in [6, 6.07) is 42.5. The Labute approximate surface area is 505 Å². The van der Waals surface area contributed by atoms with Crippen LogP contribution in [0.3, 0.4) is 0 Å². The number of ether oxygens (including phenoxy) is 1. The van der Waals surface area contributed by atoms with E-state index in [9.17, 15) is 11.0 Å². The van der Waals surface area contributed by atoms with Gasteiger partial charge >= 0.3 is 0 Å². The van der Waals surface area contributed by atoms with Gasteiger partial charge in [0.2, 0.25) is 0 Å². The number of hydrogen-bond donors (Lipinski definition) is 0. The molecule has 9 aromatic carbocycles. The van der Waals surface area contributed by atoms with Crippen molar-refractivity contribution in [2.24, 2.45) is 0 Å². The van der Waals surface area contributed by atoms with Crippen LogP contribution in [0.5, 0.6) is 11.5 Å². The van der Waals surface area contributed by atoms with Gasteiger partial charge in [0.1, 0.15) is 5.82 Å². The molecule has 0 bridgehead atoms. The third-order valence-electron chi connectivity index (χ3n) is 15.1. The zero-order valence-corrected chi connectivity index (χ0v) is 48.1. The number of nitrogens with zero attached hydrogens (tertiary/aromatic N) is 4. The molecule has 80 heavy (non-hydrogen) atoms. The number of imidazole rings is 1. The molecule has 0 saturated heterocycles. The third kappa shape index (κ3) is 9.01. The van der Waals surface area contributed by atoms with Gasteiger partial charge in [-0.2, -0.15) is 18.2 Å². The molecule has 0 saturated carbocycles. The maximum Gasteiger partial charge on any atom is 0.268 e. The summed E-state index contributed by atoms with van der Waals surface area (Å²) < 4.78 is 143. The van der Waals surface area contributed by atoms with Crippen LogP contribution in [-0.4, -0.2) is 14.1 Å². The van der Waals surface area contributed by atoms with Gasteiger partial charge in [0.15, 0.2) is 0 Å². The van der Waals surface area contributed by atoms with Gasteiger partial charge in [-0.1, -0.05) is 189 Å². The Hall–Kier alpha value is -8.11. The summed E-state index contributed by atoms with van der Waals surface area (Å²) in [5.74, 6) is 1.39. The van der Waals surface area contributed by atoms with E-state index in [0.29, 0.717) is 39.3 Å². The van der Waals surface area contributed by atoms with Crippen LogP contribution in [0.1, 0.15) is 109 Å². The molecule has 0 spiro atoms. The molecule has 0 atom stereocenters. The zero-order valence-electron chi connectivity index (χ0n) is 59.8. The number of aromatic nitrogens is 4. The van der Waals surface area contributed by atoms with E-state index in [-0.39, 0.29) is 87.8 Å². The van der Waals surface area contributed by atoms with Crippen molar-refractivity contribution in [1.82, 2.24) is 14.1 Å². The first-order valence-corrected chi connectivity index (χ1v) is 26.5. The molecule has 3 aromatic heterocycles. The molecule has 1 aliphatic rings. The smallest absolute Gasteiger partial charge is 0.268 e. The number of aryl methyl sites for hydroxylation is 2. The first-order chi connectivity index (χ1) is 43.6. The first kappa shape index (κ1) is 38.5. The third-order valence-corrected chi connectivity index (χ3v) is 15.1. The Kier molecular flexibility index (Phi) is 9.43. The van der Waals surface area contributed by atoms with Gasteiger partial charge < -0.3 is 13.9 Å². The second-order valence-corrected chi connectivity index (χ2v) is 23.5. The van der Waals surface area contributed by atoms with Crippen LogP contribution < -0.4 is 9.30 Å². The van der Waals surface area contributed by atoms with Gasteiger partial charge in [-0.05, 0) is 155 Å². The fraction of sp³-hybridized carbons (Fsp3) is 0.189. The van der Waals surface area contributed by atoms with Crippen molar-refractivity contribution in [3.8, 4) is 84.3 Å². The normalized spacial score (nSPS) is 15.2. The molecule has 0 N–H and O–H groups in total. The molecule has 0 fully saturated rings. The Bertz CT molecular complexity index is 5090. The summed E-state index contributed by atoms with van der Waals surface area (Å²) in [6.07, 6.45) is 5.47. The van der Waals surface area contributed by atoms with E-state index in [1.54, 1.807) is 45.5 Å². The molecule has 5 nitrogen and oxygen atoms in total. The van der Waals surface area contributed by atoms with Crippen LogP contribution in [0.25, 0.3) is 106 Å². The van der Waals surface area contributed by atoms with Gasteiger partial charge in [-0.3, -0.25) is 4.57 Å². The first-order valence-electron chi connectivity index (χ1n) is 33.5. The van der Waals surface area contributed by atoms with E-state index in [2.05, 4.69) is 110 Å². The van der Waals surface area contributed by atoms with Gasteiger partial charge in [0.25, 0.3) is 6.33 Å². The summed E-state index contributed by atoms with van der Waals surface area (Å²) in [6.45, 7) is 13.2. The molecule has 0 amide bonds. The molecule has 12 aromatic rings. The minimum atomic E-state index is -2.88. The molecule has 0 unspecified atom stereocenters. The SMILES string of the molecule is [2H]c1c([2H])c([2H])c2c(c1[2H])-c1cc(-c3c(C([2H])([2H])[2H])cccc3C([2H])([2H])[2H])cc(-c3cc(C(C)(C)C)cc(C(C)(C)C)c3)c1-[n+]1[c-]n(-c3[c-]c(Oc4[c-]c5c(cc4)c4ccccc4n5-c4cc(C(C)(C)C)ccn4)ccc3)c3cccc(c31)-c1c([2H])c([2H])c([2H])c([2H])c1-2.[Pt]. The van der Waals surface area contributed by atoms with Crippen LogP contribution >= 0.6 is 0 Å². The Morgan fingerprint density at radius 3 is 1.80 bits per heavy atom. The van der Waals surface area contributed by atoms with Crippen molar-refractivity contribution < 1.29 is 49.6 Å². The number of pyridine rings is 1. The number of rotatable bonds is 6. The maximum atomic E-state index is 10.1. The van der Waals surface area contributed by atoms with Crippen LogP contribution in [0, 0.1) is 32.2 Å². The molecule has 6 heteroatoms. The molecule has 1 aliphatic heterocycles. The topological polar surface area (TPSA) is 35.9 Å². The van der Waals surface area contributed by atoms with E-state index in [1.807, 2.05) is 60.8 Å². The average molecular weight is 1230 g/mol. The van der Waals surface area contributed by atoms with Gasteiger partial charge in [-0.25, -0.2) is 4.98 Å². The second-order valence-electron chi connectivity index (χ2n) is 23.5. The van der Waals surface area contributed by atoms with Crippen LogP contribution in [-0.2, 0) is 37.3 Å². The molecule has 398 valence electrons. The Morgan fingerprint density at radius 1 is 0.525 bits per heavy atom. The van der Waals surface area contributed by atoms with Gasteiger partial charge in [-0.15, -0.1) is 29.7 Å². The number of benzene rings is 9. The summed E-state index contributed by atoms with van der Waals surface area (Å²) in [5.41, 5.74) is 4.76. The number of hydrogen-bond acceptors (Lipinski definition) is 2. The fourth-order valence-corrected chi connectivity index (χ4v) is 11.0. The quantitative estimate of drug-likeness (QED) is 0.123. The molecule has 13 rings (SSSR count). The van der Waals surface area contributed by atoms with E-state index < -0.39 is 72.9 Å². The van der Waals surface area contributed by atoms with Crippen molar-refractivity contribution in [2.75, 3.05) is 0 Å². The summed E-state index contributed by atoms with van der Waals surface area (Å²) >= 11 is 0. The van der Waals surface area contributed by atoms with Crippen molar-refractivity contribution in [2.45, 2.75) is 92.3 Å². The molecule has 4 heterocycles. The fourth-order valence-electron chi connectivity index (χ4n) is 11.0. The van der Waals surface area contributed by atoms with Crippen molar-refractivity contribution >= 4 is 32.8 Å². The molecule has 0 aliphatic carbocycles. The molecule has 0 radical (unpaired) electrons. The minimum absolute atomic E-state index is 0. The number of fused-ring (bicyclic) bond motifs is 10. The maximum absolute atomic E-state index is 10.1. The molecular weight excluding hydrogens is 1160 g/mol. The Morgan fingerprint density at radius 2 is 1.12 bits per heavy atom. The average Bonchev–Trinajstić information content (AvgIpc) is 1.43. The summed E-state index contributed by atoms with van der Waals surface area (Å²) in [4.78, 5) is 4.85. The van der Waals surface area contributed by atoms with E-state index in [0.717, 1.165) is 44.3 Å². The predicted octanol–water partition coefficient (Wildman–Crippen LogP) is 18.7.